The van der Waals surface area contributed by atoms with E-state index in [1.165, 1.54) is 11.3 Å². The van der Waals surface area contributed by atoms with Gasteiger partial charge in [0.2, 0.25) is 5.91 Å². The standard InChI is InChI=1S/C23H24N4O2S/c1-26-15-20(13-25-22(28)19-9-11-30-16-19)27(14-17-6-5-10-24-12-17)21(23(26)29)18-7-3-2-4-8-18/h2-12,16,20-21H,13-15H2,1H3,(H,25,28)/t20-,21+/m1/s1. The second-order valence-electron chi connectivity index (χ2n) is 7.44. The van der Waals surface area contributed by atoms with Crippen molar-refractivity contribution in [1.29, 1.82) is 0 Å². The molecule has 0 aliphatic carbocycles. The van der Waals surface area contributed by atoms with Gasteiger partial charge in [0, 0.05) is 56.1 Å². The lowest BCUT2D eigenvalue weighted by atomic mass is 9.97. The third-order valence-corrected chi connectivity index (χ3v) is 6.06. The molecule has 3 heterocycles. The predicted octanol–water partition coefficient (Wildman–Crippen LogP) is 2.96. The molecule has 1 aliphatic rings. The van der Waals surface area contributed by atoms with Crippen LogP contribution in [0.25, 0.3) is 0 Å². The molecule has 1 aliphatic heterocycles. The van der Waals surface area contributed by atoms with E-state index in [1.54, 1.807) is 11.1 Å². The summed E-state index contributed by atoms with van der Waals surface area (Å²) in [5.41, 5.74) is 2.65. The molecule has 0 spiro atoms. The van der Waals surface area contributed by atoms with Crippen molar-refractivity contribution in [2.24, 2.45) is 0 Å². The third kappa shape index (κ3) is 4.42. The predicted molar refractivity (Wildman–Crippen MR) is 117 cm³/mol. The van der Waals surface area contributed by atoms with Gasteiger partial charge >= 0.3 is 0 Å². The summed E-state index contributed by atoms with van der Waals surface area (Å²) in [7, 11) is 1.83. The Morgan fingerprint density at radius 2 is 2.03 bits per heavy atom. The van der Waals surface area contributed by atoms with Crippen molar-refractivity contribution < 1.29 is 9.59 Å². The van der Waals surface area contributed by atoms with Gasteiger partial charge < -0.3 is 10.2 Å². The number of carbonyl (C=O) groups excluding carboxylic acids is 2. The van der Waals surface area contributed by atoms with Crippen LogP contribution in [0.15, 0.2) is 71.7 Å². The lowest BCUT2D eigenvalue weighted by molar-refractivity contribution is -0.144. The highest BCUT2D eigenvalue weighted by atomic mass is 32.1. The van der Waals surface area contributed by atoms with Crippen LogP contribution in [0.2, 0.25) is 0 Å². The zero-order chi connectivity index (χ0) is 20.9. The van der Waals surface area contributed by atoms with E-state index in [0.29, 0.717) is 25.2 Å². The van der Waals surface area contributed by atoms with Crippen molar-refractivity contribution in [3.05, 3.63) is 88.4 Å². The van der Waals surface area contributed by atoms with Crippen molar-refractivity contribution in [1.82, 2.24) is 20.1 Å². The minimum absolute atomic E-state index is 0.0271. The molecular weight excluding hydrogens is 396 g/mol. The Morgan fingerprint density at radius 1 is 1.20 bits per heavy atom. The van der Waals surface area contributed by atoms with E-state index in [4.69, 9.17) is 0 Å². The van der Waals surface area contributed by atoms with E-state index >= 15 is 0 Å². The summed E-state index contributed by atoms with van der Waals surface area (Å²) in [4.78, 5) is 33.8. The number of thiophene rings is 1. The Hall–Kier alpha value is -3.03. The molecule has 1 saturated heterocycles. The number of amides is 2. The molecule has 2 amide bonds. The normalized spacial score (nSPS) is 19.6. The van der Waals surface area contributed by atoms with Gasteiger partial charge in [-0.1, -0.05) is 36.4 Å². The number of hydrogen-bond donors (Lipinski definition) is 1. The summed E-state index contributed by atoms with van der Waals surface area (Å²) < 4.78 is 0. The number of aromatic nitrogens is 1. The fourth-order valence-electron chi connectivity index (χ4n) is 3.85. The van der Waals surface area contributed by atoms with E-state index in [1.807, 2.05) is 72.5 Å². The van der Waals surface area contributed by atoms with Crippen LogP contribution in [0, 0.1) is 0 Å². The molecule has 2 atom stereocenters. The average Bonchev–Trinajstić information content (AvgIpc) is 3.32. The number of pyridine rings is 1. The van der Waals surface area contributed by atoms with Crippen LogP contribution in [0.1, 0.15) is 27.5 Å². The van der Waals surface area contributed by atoms with Crippen LogP contribution in [0.5, 0.6) is 0 Å². The van der Waals surface area contributed by atoms with Crippen molar-refractivity contribution in [2.75, 3.05) is 20.1 Å². The Labute approximate surface area is 180 Å². The van der Waals surface area contributed by atoms with E-state index in [0.717, 1.165) is 11.1 Å². The highest BCUT2D eigenvalue weighted by molar-refractivity contribution is 7.08. The van der Waals surface area contributed by atoms with Crippen molar-refractivity contribution >= 4 is 23.2 Å². The average molecular weight is 421 g/mol. The Bertz CT molecular complexity index is 979. The molecule has 1 aromatic carbocycles. The number of piperazine rings is 1. The minimum Gasteiger partial charge on any atom is -0.350 e. The zero-order valence-electron chi connectivity index (χ0n) is 16.8. The molecular formula is C23H24N4O2S. The molecule has 0 unspecified atom stereocenters. The van der Waals surface area contributed by atoms with Crippen LogP contribution in [0.3, 0.4) is 0 Å². The van der Waals surface area contributed by atoms with E-state index in [2.05, 4.69) is 15.2 Å². The first kappa shape index (κ1) is 20.3. The highest BCUT2D eigenvalue weighted by Crippen LogP contribution is 2.31. The summed E-state index contributed by atoms with van der Waals surface area (Å²) >= 11 is 1.50. The van der Waals surface area contributed by atoms with Gasteiger partial charge in [0.15, 0.2) is 0 Å². The fourth-order valence-corrected chi connectivity index (χ4v) is 4.49. The molecule has 4 rings (SSSR count). The number of hydrogen-bond acceptors (Lipinski definition) is 5. The summed E-state index contributed by atoms with van der Waals surface area (Å²) in [6.45, 7) is 1.58. The zero-order valence-corrected chi connectivity index (χ0v) is 17.6. The van der Waals surface area contributed by atoms with E-state index in [9.17, 15) is 9.59 Å². The molecule has 1 N–H and O–H groups in total. The summed E-state index contributed by atoms with van der Waals surface area (Å²) in [6, 6.07) is 15.1. The molecule has 154 valence electrons. The van der Waals surface area contributed by atoms with Gasteiger partial charge in [-0.05, 0) is 28.6 Å². The monoisotopic (exact) mass is 420 g/mol. The topological polar surface area (TPSA) is 65.5 Å². The Kier molecular flexibility index (Phi) is 6.21. The Morgan fingerprint density at radius 3 is 2.73 bits per heavy atom. The quantitative estimate of drug-likeness (QED) is 0.666. The van der Waals surface area contributed by atoms with Crippen LogP contribution in [0.4, 0.5) is 0 Å². The van der Waals surface area contributed by atoms with E-state index in [-0.39, 0.29) is 17.9 Å². The van der Waals surface area contributed by atoms with Gasteiger partial charge in [0.05, 0.1) is 0 Å². The first-order valence-corrected chi connectivity index (χ1v) is 10.8. The number of benzene rings is 1. The fraction of sp³-hybridized carbons (Fsp3) is 0.261. The van der Waals surface area contributed by atoms with Gasteiger partial charge in [-0.15, -0.1) is 0 Å². The van der Waals surface area contributed by atoms with Crippen LogP contribution < -0.4 is 5.32 Å². The molecule has 6 nitrogen and oxygen atoms in total. The molecule has 0 bridgehead atoms. The lowest BCUT2D eigenvalue weighted by Gasteiger charge is -2.45. The smallest absolute Gasteiger partial charge is 0.252 e. The van der Waals surface area contributed by atoms with Gasteiger partial charge in [0.25, 0.3) is 5.91 Å². The summed E-state index contributed by atoms with van der Waals surface area (Å²) in [6.07, 6.45) is 3.57. The molecule has 0 radical (unpaired) electrons. The number of rotatable bonds is 6. The molecule has 7 heteroatoms. The van der Waals surface area contributed by atoms with Gasteiger partial charge in [-0.3, -0.25) is 19.5 Å². The first-order chi connectivity index (χ1) is 14.6. The largest absolute Gasteiger partial charge is 0.350 e. The van der Waals surface area contributed by atoms with Gasteiger partial charge in [-0.2, -0.15) is 11.3 Å². The third-order valence-electron chi connectivity index (χ3n) is 5.38. The lowest BCUT2D eigenvalue weighted by Crippen LogP contribution is -2.59. The van der Waals surface area contributed by atoms with Crippen molar-refractivity contribution in [2.45, 2.75) is 18.6 Å². The van der Waals surface area contributed by atoms with E-state index < -0.39 is 6.04 Å². The maximum Gasteiger partial charge on any atom is 0.252 e. The van der Waals surface area contributed by atoms with Crippen LogP contribution in [-0.2, 0) is 11.3 Å². The van der Waals surface area contributed by atoms with Crippen molar-refractivity contribution in [3.8, 4) is 0 Å². The number of carbonyl (C=O) groups is 2. The maximum atomic E-state index is 13.2. The number of likely N-dealkylation sites (N-methyl/N-ethyl adjacent to an activating group) is 1. The van der Waals surface area contributed by atoms with Crippen LogP contribution >= 0.6 is 11.3 Å². The molecule has 1 fully saturated rings. The summed E-state index contributed by atoms with van der Waals surface area (Å²) in [5, 5.41) is 6.78. The van der Waals surface area contributed by atoms with Gasteiger partial charge in [0.1, 0.15) is 6.04 Å². The molecule has 2 aromatic heterocycles. The second kappa shape index (κ2) is 9.19. The Balaban J connectivity index is 1.61. The number of nitrogens with one attached hydrogen (secondary N) is 1. The maximum absolute atomic E-state index is 13.2. The first-order valence-electron chi connectivity index (χ1n) is 9.88. The minimum atomic E-state index is -0.409. The molecule has 3 aromatic rings. The highest BCUT2D eigenvalue weighted by Gasteiger charge is 2.40. The van der Waals surface area contributed by atoms with Gasteiger partial charge in [-0.25, -0.2) is 0 Å². The number of nitrogens with zero attached hydrogens (tertiary/aromatic N) is 3. The molecule has 30 heavy (non-hydrogen) atoms. The SMILES string of the molecule is CN1C[C@@H](CNC(=O)c2ccsc2)N(Cc2cccnc2)[C@@H](c2ccccc2)C1=O. The van der Waals surface area contributed by atoms with Crippen LogP contribution in [-0.4, -0.2) is 52.8 Å². The summed E-state index contributed by atoms with van der Waals surface area (Å²) in [5.74, 6) is -0.0288. The second-order valence-corrected chi connectivity index (χ2v) is 8.22. The molecule has 0 saturated carbocycles. The van der Waals surface area contributed by atoms with Crippen molar-refractivity contribution in [3.63, 3.8) is 0 Å².